The van der Waals surface area contributed by atoms with Gasteiger partial charge in [-0.15, -0.1) is 0 Å². The van der Waals surface area contributed by atoms with Crippen molar-refractivity contribution in [1.29, 1.82) is 0 Å². The van der Waals surface area contributed by atoms with Crippen molar-refractivity contribution in [3.63, 3.8) is 0 Å². The predicted molar refractivity (Wildman–Crippen MR) is 123 cm³/mol. The van der Waals surface area contributed by atoms with Crippen molar-refractivity contribution in [2.75, 3.05) is 25.1 Å². The molecule has 168 valence electrons. The van der Waals surface area contributed by atoms with Crippen molar-refractivity contribution in [2.45, 2.75) is 32.1 Å². The van der Waals surface area contributed by atoms with Crippen LogP contribution in [0.1, 0.15) is 36.8 Å². The number of nitrogens with zero attached hydrogens (tertiary/aromatic N) is 1. The molecule has 0 amide bonds. The van der Waals surface area contributed by atoms with Crippen LogP contribution in [0.3, 0.4) is 0 Å². The van der Waals surface area contributed by atoms with Crippen LogP contribution in [-0.2, 0) is 16.0 Å². The van der Waals surface area contributed by atoms with Gasteiger partial charge in [0.15, 0.2) is 0 Å². The van der Waals surface area contributed by atoms with Crippen LogP contribution >= 0.6 is 0 Å². The number of carbonyl (C=O) groups excluding carboxylic acids is 1. The average molecular weight is 436 g/mol. The van der Waals surface area contributed by atoms with Gasteiger partial charge in [0.25, 0.3) is 0 Å². The van der Waals surface area contributed by atoms with E-state index in [9.17, 15) is 10.0 Å². The number of carbonyl (C=O) groups is 1. The van der Waals surface area contributed by atoms with Gasteiger partial charge in [0.05, 0.1) is 26.2 Å². The minimum absolute atomic E-state index is 0.0470. The third-order valence-electron chi connectivity index (χ3n) is 5.11. The van der Waals surface area contributed by atoms with Gasteiger partial charge in [-0.3, -0.25) is 10.1 Å². The molecule has 3 aromatic rings. The van der Waals surface area contributed by atoms with Gasteiger partial charge in [-0.1, -0.05) is 53.3 Å². The van der Waals surface area contributed by atoms with E-state index in [4.69, 9.17) is 9.47 Å². The highest BCUT2D eigenvalue weighted by Crippen LogP contribution is 2.26. The molecule has 0 aliphatic rings. The zero-order valence-corrected chi connectivity index (χ0v) is 18.4. The molecule has 32 heavy (non-hydrogen) atoms. The zero-order valence-electron chi connectivity index (χ0n) is 18.4. The summed E-state index contributed by atoms with van der Waals surface area (Å²) in [7, 11) is 0. The van der Waals surface area contributed by atoms with Gasteiger partial charge in [0.1, 0.15) is 11.9 Å². The van der Waals surface area contributed by atoms with E-state index in [2.05, 4.69) is 23.5 Å². The number of esters is 1. The molecule has 0 saturated carbocycles. The maximum absolute atomic E-state index is 12.1. The van der Waals surface area contributed by atoms with Crippen LogP contribution in [0.4, 0.5) is 5.82 Å². The van der Waals surface area contributed by atoms with Gasteiger partial charge >= 0.3 is 11.8 Å². The molecule has 0 aliphatic heterocycles. The summed E-state index contributed by atoms with van der Waals surface area (Å²) in [6.07, 6.45) is 3.44. The normalized spacial score (nSPS) is 11.5. The van der Waals surface area contributed by atoms with E-state index in [1.807, 2.05) is 55.5 Å². The molecule has 0 saturated heterocycles. The molecule has 0 radical (unpaired) electrons. The molecular formula is C26H31N2O4+. The number of pyridine rings is 1. The Morgan fingerprint density at radius 1 is 1.06 bits per heavy atom. The van der Waals surface area contributed by atoms with Gasteiger partial charge < -0.3 is 14.7 Å². The predicted octanol–water partition coefficient (Wildman–Crippen LogP) is 4.37. The first-order valence-electron chi connectivity index (χ1n) is 11.0. The highest BCUT2D eigenvalue weighted by Gasteiger charge is 2.18. The molecule has 3 rings (SSSR count). The van der Waals surface area contributed by atoms with Crippen molar-refractivity contribution in [3.8, 4) is 5.75 Å². The standard InChI is InChI=1S/C26H30N2O4/c1-2-31-26(29)20-23(22-11-4-3-5-12-22)18-21-10-8-13-24(19-21)32-17-9-15-27-25-14-6-7-16-28(25)30/h3-8,10-14,16,19,23,30H,2,9,15,17-18,20H2,1H3/p+1. The Morgan fingerprint density at radius 3 is 2.66 bits per heavy atom. The first-order chi connectivity index (χ1) is 15.7. The van der Waals surface area contributed by atoms with Gasteiger partial charge in [-0.05, 0) is 48.6 Å². The van der Waals surface area contributed by atoms with Crippen molar-refractivity contribution < 1.29 is 24.2 Å². The summed E-state index contributed by atoms with van der Waals surface area (Å²) in [5.74, 6) is 1.32. The molecule has 0 fully saturated rings. The summed E-state index contributed by atoms with van der Waals surface area (Å²) in [5, 5.41) is 12.9. The number of rotatable bonds is 12. The van der Waals surface area contributed by atoms with Gasteiger partial charge in [0.2, 0.25) is 0 Å². The third kappa shape index (κ3) is 7.30. The summed E-state index contributed by atoms with van der Waals surface area (Å²) in [5.41, 5.74) is 2.24. The van der Waals surface area contributed by atoms with E-state index < -0.39 is 0 Å². The first kappa shape index (κ1) is 23.1. The number of aromatic nitrogens is 1. The Bertz CT molecular complexity index is 978. The van der Waals surface area contributed by atoms with Crippen molar-refractivity contribution in [1.82, 2.24) is 0 Å². The van der Waals surface area contributed by atoms with Crippen molar-refractivity contribution in [2.24, 2.45) is 0 Å². The Balaban J connectivity index is 1.54. The number of nitrogens with one attached hydrogen (secondary N) is 1. The Hall–Kier alpha value is -3.54. The number of ether oxygens (including phenoxy) is 2. The fraction of sp³-hybridized carbons (Fsp3) is 0.308. The lowest BCUT2D eigenvalue weighted by Gasteiger charge is -2.17. The summed E-state index contributed by atoms with van der Waals surface area (Å²) >= 11 is 0. The lowest BCUT2D eigenvalue weighted by atomic mass is 9.89. The molecule has 0 aliphatic carbocycles. The second-order valence-corrected chi connectivity index (χ2v) is 7.53. The average Bonchev–Trinajstić information content (AvgIpc) is 2.81. The second-order valence-electron chi connectivity index (χ2n) is 7.53. The number of hydrogen-bond donors (Lipinski definition) is 2. The summed E-state index contributed by atoms with van der Waals surface area (Å²) < 4.78 is 12.2. The fourth-order valence-corrected chi connectivity index (χ4v) is 3.55. The quantitative estimate of drug-likeness (QED) is 0.191. The maximum atomic E-state index is 12.1. The van der Waals surface area contributed by atoms with Crippen LogP contribution in [0.25, 0.3) is 0 Å². The highest BCUT2D eigenvalue weighted by atomic mass is 16.5. The van der Waals surface area contributed by atoms with Crippen molar-refractivity contribution >= 4 is 11.8 Å². The zero-order chi connectivity index (χ0) is 22.6. The minimum Gasteiger partial charge on any atom is -0.493 e. The third-order valence-corrected chi connectivity index (χ3v) is 5.11. The Labute approximate surface area is 189 Å². The SMILES string of the molecule is CCOC(=O)CC(Cc1cccc(OCCCNc2cccc[n+]2O)c1)c1ccccc1. The molecule has 1 heterocycles. The minimum atomic E-state index is -0.177. The Kier molecular flexibility index (Phi) is 8.92. The summed E-state index contributed by atoms with van der Waals surface area (Å²) in [6.45, 7) is 3.45. The van der Waals surface area contributed by atoms with Crippen LogP contribution in [-0.4, -0.2) is 30.9 Å². The largest absolute Gasteiger partial charge is 0.493 e. The van der Waals surface area contributed by atoms with Gasteiger partial charge in [0, 0.05) is 12.5 Å². The van der Waals surface area contributed by atoms with Crippen LogP contribution < -0.4 is 14.8 Å². The summed E-state index contributed by atoms with van der Waals surface area (Å²) in [6, 6.07) is 23.5. The topological polar surface area (TPSA) is 71.7 Å². The smallest absolute Gasteiger partial charge is 0.313 e. The molecule has 0 bridgehead atoms. The fourth-order valence-electron chi connectivity index (χ4n) is 3.55. The Morgan fingerprint density at radius 2 is 1.88 bits per heavy atom. The molecular weight excluding hydrogens is 404 g/mol. The van der Waals surface area contributed by atoms with E-state index >= 15 is 0 Å². The number of hydrogen-bond acceptors (Lipinski definition) is 5. The number of benzene rings is 2. The van der Waals surface area contributed by atoms with Gasteiger partial charge in [-0.2, -0.15) is 0 Å². The lowest BCUT2D eigenvalue weighted by molar-refractivity contribution is -0.893. The molecule has 1 atom stereocenters. The number of anilines is 1. The van der Waals surface area contributed by atoms with E-state index in [0.717, 1.165) is 34.4 Å². The lowest BCUT2D eigenvalue weighted by Crippen LogP contribution is -2.33. The van der Waals surface area contributed by atoms with E-state index in [-0.39, 0.29) is 11.9 Å². The van der Waals surface area contributed by atoms with Crippen LogP contribution in [0, 0.1) is 0 Å². The van der Waals surface area contributed by atoms with Crippen LogP contribution in [0.5, 0.6) is 5.75 Å². The molecule has 0 spiro atoms. The molecule has 2 N–H and O–H groups in total. The molecule has 1 aromatic heterocycles. The molecule has 6 heteroatoms. The molecule has 1 unspecified atom stereocenters. The molecule has 6 nitrogen and oxygen atoms in total. The molecule has 2 aromatic carbocycles. The van der Waals surface area contributed by atoms with E-state index in [0.29, 0.717) is 32.0 Å². The van der Waals surface area contributed by atoms with E-state index in [1.54, 1.807) is 12.3 Å². The maximum Gasteiger partial charge on any atom is 0.313 e. The monoisotopic (exact) mass is 435 g/mol. The summed E-state index contributed by atoms with van der Waals surface area (Å²) in [4.78, 5) is 12.1. The second kappa shape index (κ2) is 12.3. The van der Waals surface area contributed by atoms with E-state index in [1.165, 1.54) is 0 Å². The highest BCUT2D eigenvalue weighted by molar-refractivity contribution is 5.70. The van der Waals surface area contributed by atoms with Crippen LogP contribution in [0.15, 0.2) is 79.0 Å². The van der Waals surface area contributed by atoms with Crippen molar-refractivity contribution in [3.05, 3.63) is 90.1 Å². The van der Waals surface area contributed by atoms with Crippen LogP contribution in [0.2, 0.25) is 0 Å². The first-order valence-corrected chi connectivity index (χ1v) is 11.0. The van der Waals surface area contributed by atoms with Gasteiger partial charge in [-0.25, -0.2) is 0 Å².